The van der Waals surface area contributed by atoms with Crippen molar-refractivity contribution in [3.63, 3.8) is 0 Å². The predicted octanol–water partition coefficient (Wildman–Crippen LogP) is 2.91. The van der Waals surface area contributed by atoms with Crippen LogP contribution < -0.4 is 0 Å². The lowest BCUT2D eigenvalue weighted by molar-refractivity contribution is -0.00841. The zero-order valence-electron chi connectivity index (χ0n) is 9.34. The fourth-order valence-electron chi connectivity index (χ4n) is 3.76. The third-order valence-corrected chi connectivity index (χ3v) is 4.20. The molecule has 0 aromatic carbocycles. The van der Waals surface area contributed by atoms with E-state index < -0.39 is 0 Å². The summed E-state index contributed by atoms with van der Waals surface area (Å²) in [6.07, 6.45) is 7.28. The van der Waals surface area contributed by atoms with Crippen molar-refractivity contribution in [1.82, 2.24) is 4.90 Å². The smallest absolute Gasteiger partial charge is 0.0172 e. The van der Waals surface area contributed by atoms with Crippen LogP contribution in [0.25, 0.3) is 0 Å². The first-order valence-electron chi connectivity index (χ1n) is 5.81. The number of nitrogens with zero attached hydrogens (tertiary/aromatic N) is 1. The summed E-state index contributed by atoms with van der Waals surface area (Å²) >= 11 is 0. The molecule has 0 aromatic heterocycles. The van der Waals surface area contributed by atoms with Gasteiger partial charge < -0.3 is 4.90 Å². The number of rotatable bonds is 0. The van der Waals surface area contributed by atoms with Crippen LogP contribution in [0.2, 0.25) is 0 Å². The minimum absolute atomic E-state index is 0.568. The third-order valence-electron chi connectivity index (χ3n) is 4.20. The summed E-state index contributed by atoms with van der Waals surface area (Å²) in [7, 11) is 2.32. The van der Waals surface area contributed by atoms with Crippen LogP contribution >= 0.6 is 0 Å². The van der Waals surface area contributed by atoms with Crippen molar-refractivity contribution in [1.29, 1.82) is 0 Å². The van der Waals surface area contributed by atoms with E-state index in [1.165, 1.54) is 38.6 Å². The van der Waals surface area contributed by atoms with Crippen LogP contribution in [0.4, 0.5) is 0 Å². The Labute approximate surface area is 82.5 Å². The molecule has 1 heterocycles. The van der Waals surface area contributed by atoms with E-state index in [-0.39, 0.29) is 0 Å². The maximum absolute atomic E-state index is 2.62. The number of likely N-dealkylation sites (tertiary alicyclic amines) is 1. The first kappa shape index (κ1) is 9.51. The Kier molecular flexibility index (Phi) is 2.39. The lowest BCUT2D eigenvalue weighted by Crippen LogP contribution is -2.53. The zero-order valence-corrected chi connectivity index (χ0v) is 9.34. The molecule has 13 heavy (non-hydrogen) atoms. The van der Waals surface area contributed by atoms with Gasteiger partial charge in [-0.15, -0.1) is 0 Å². The summed E-state index contributed by atoms with van der Waals surface area (Å²) in [6.45, 7) is 6.25. The number of piperidine rings is 1. The summed E-state index contributed by atoms with van der Waals surface area (Å²) in [5.41, 5.74) is 0.568. The maximum Gasteiger partial charge on any atom is 0.0172 e. The summed E-state index contributed by atoms with van der Waals surface area (Å²) in [6, 6.07) is 0.870. The minimum atomic E-state index is 0.568. The van der Waals surface area contributed by atoms with Crippen molar-refractivity contribution in [2.45, 2.75) is 52.0 Å². The van der Waals surface area contributed by atoms with E-state index in [1.54, 1.807) is 0 Å². The van der Waals surface area contributed by atoms with Crippen molar-refractivity contribution in [2.75, 3.05) is 13.6 Å². The fourth-order valence-corrected chi connectivity index (χ4v) is 3.76. The Hall–Kier alpha value is -0.0400. The highest BCUT2D eigenvalue weighted by molar-refractivity contribution is 4.96. The molecule has 1 aliphatic carbocycles. The largest absolute Gasteiger partial charge is 0.303 e. The Morgan fingerprint density at radius 1 is 1.15 bits per heavy atom. The van der Waals surface area contributed by atoms with Gasteiger partial charge in [-0.25, -0.2) is 0 Å². The minimum Gasteiger partial charge on any atom is -0.303 e. The number of hydrogen-bond donors (Lipinski definition) is 0. The van der Waals surface area contributed by atoms with Crippen LogP contribution in [0.3, 0.4) is 0 Å². The summed E-state index contributed by atoms with van der Waals surface area (Å²) in [5.74, 6) is 1.00. The maximum atomic E-state index is 2.62. The van der Waals surface area contributed by atoms with E-state index in [0.29, 0.717) is 5.41 Å². The first-order valence-corrected chi connectivity index (χ1v) is 5.81. The molecule has 1 heteroatoms. The van der Waals surface area contributed by atoms with Crippen molar-refractivity contribution < 1.29 is 0 Å². The Bertz CT molecular complexity index is 184. The molecule has 1 nitrogen and oxygen atoms in total. The molecule has 2 rings (SSSR count). The number of fused-ring (bicyclic) bond motifs is 1. The summed E-state index contributed by atoms with van der Waals surface area (Å²) in [5, 5.41) is 0. The average Bonchev–Trinajstić information content (AvgIpc) is 2.02. The van der Waals surface area contributed by atoms with Crippen molar-refractivity contribution in [3.05, 3.63) is 0 Å². The van der Waals surface area contributed by atoms with Crippen molar-refractivity contribution in [2.24, 2.45) is 11.3 Å². The van der Waals surface area contributed by atoms with Crippen LogP contribution in [0.5, 0.6) is 0 Å². The SMILES string of the molecule is CN1CCC[C@@H]2CCCC(C)(C)[C@@H]21. The van der Waals surface area contributed by atoms with Gasteiger partial charge in [0.2, 0.25) is 0 Å². The highest BCUT2D eigenvalue weighted by atomic mass is 15.2. The molecule has 2 fully saturated rings. The van der Waals surface area contributed by atoms with Gasteiger partial charge in [-0.05, 0) is 50.6 Å². The van der Waals surface area contributed by atoms with Gasteiger partial charge in [0, 0.05) is 6.04 Å². The Morgan fingerprint density at radius 3 is 2.54 bits per heavy atom. The summed E-state index contributed by atoms with van der Waals surface area (Å²) in [4.78, 5) is 2.62. The van der Waals surface area contributed by atoms with Gasteiger partial charge in [-0.1, -0.05) is 20.3 Å². The van der Waals surface area contributed by atoms with Crippen LogP contribution in [-0.4, -0.2) is 24.5 Å². The first-order chi connectivity index (χ1) is 6.11. The van der Waals surface area contributed by atoms with Gasteiger partial charge in [0.25, 0.3) is 0 Å². The second kappa shape index (κ2) is 3.27. The molecule has 1 saturated carbocycles. The van der Waals surface area contributed by atoms with Gasteiger partial charge in [0.15, 0.2) is 0 Å². The lowest BCUT2D eigenvalue weighted by Gasteiger charge is -2.51. The molecule has 0 radical (unpaired) electrons. The topological polar surface area (TPSA) is 3.24 Å². The zero-order chi connectivity index (χ0) is 9.47. The monoisotopic (exact) mass is 181 g/mol. The molecule has 2 aliphatic rings. The van der Waals surface area contributed by atoms with E-state index in [4.69, 9.17) is 0 Å². The molecule has 1 saturated heterocycles. The highest BCUT2D eigenvalue weighted by Gasteiger charge is 2.42. The predicted molar refractivity (Wildman–Crippen MR) is 56.8 cm³/mol. The van der Waals surface area contributed by atoms with Crippen LogP contribution in [0.1, 0.15) is 46.0 Å². The molecule has 2 atom stereocenters. The normalized spacial score (nSPS) is 39.9. The molecule has 76 valence electrons. The average molecular weight is 181 g/mol. The standard InChI is InChI=1S/C12H23N/c1-12(2)8-4-6-10-7-5-9-13(3)11(10)12/h10-11H,4-9H2,1-3H3/t10-,11+/m0/s1. The third kappa shape index (κ3) is 1.63. The molecular formula is C12H23N. The second-order valence-corrected chi connectivity index (χ2v) is 5.71. The molecule has 0 amide bonds. The molecule has 0 unspecified atom stereocenters. The lowest BCUT2D eigenvalue weighted by atomic mass is 9.65. The van der Waals surface area contributed by atoms with Crippen LogP contribution in [0.15, 0.2) is 0 Å². The molecule has 0 N–H and O–H groups in total. The molecule has 0 bridgehead atoms. The van der Waals surface area contributed by atoms with Crippen molar-refractivity contribution >= 4 is 0 Å². The summed E-state index contributed by atoms with van der Waals surface area (Å²) < 4.78 is 0. The van der Waals surface area contributed by atoms with Gasteiger partial charge in [-0.2, -0.15) is 0 Å². The van der Waals surface area contributed by atoms with Crippen LogP contribution in [-0.2, 0) is 0 Å². The molecule has 0 aromatic rings. The Morgan fingerprint density at radius 2 is 1.85 bits per heavy atom. The second-order valence-electron chi connectivity index (χ2n) is 5.71. The van der Waals surface area contributed by atoms with Gasteiger partial charge >= 0.3 is 0 Å². The van der Waals surface area contributed by atoms with E-state index in [2.05, 4.69) is 25.8 Å². The number of hydrogen-bond acceptors (Lipinski definition) is 1. The highest BCUT2D eigenvalue weighted by Crippen LogP contribution is 2.45. The van der Waals surface area contributed by atoms with E-state index >= 15 is 0 Å². The molecule has 0 spiro atoms. The van der Waals surface area contributed by atoms with E-state index in [1.807, 2.05) is 0 Å². The molecule has 1 aliphatic heterocycles. The van der Waals surface area contributed by atoms with E-state index in [9.17, 15) is 0 Å². The Balaban J connectivity index is 2.17. The fraction of sp³-hybridized carbons (Fsp3) is 1.00. The van der Waals surface area contributed by atoms with E-state index in [0.717, 1.165) is 12.0 Å². The quantitative estimate of drug-likeness (QED) is 0.555. The van der Waals surface area contributed by atoms with Gasteiger partial charge in [-0.3, -0.25) is 0 Å². The molecular weight excluding hydrogens is 158 g/mol. The van der Waals surface area contributed by atoms with Crippen LogP contribution in [0, 0.1) is 11.3 Å². The van der Waals surface area contributed by atoms with Crippen molar-refractivity contribution in [3.8, 4) is 0 Å². The van der Waals surface area contributed by atoms with Gasteiger partial charge in [0.05, 0.1) is 0 Å². The van der Waals surface area contributed by atoms with Gasteiger partial charge in [0.1, 0.15) is 0 Å².